The first-order valence-electron chi connectivity index (χ1n) is 6.48. The van der Waals surface area contributed by atoms with Crippen molar-refractivity contribution < 1.29 is 0 Å². The molecule has 1 unspecified atom stereocenters. The summed E-state index contributed by atoms with van der Waals surface area (Å²) < 4.78 is 3.13. The van der Waals surface area contributed by atoms with Gasteiger partial charge in [0.25, 0.3) is 0 Å². The highest BCUT2D eigenvalue weighted by atomic mass is 79.9. The van der Waals surface area contributed by atoms with E-state index >= 15 is 0 Å². The molecule has 0 aliphatic rings. The van der Waals surface area contributed by atoms with E-state index in [0.717, 1.165) is 23.3 Å². The first-order valence-corrected chi connectivity index (χ1v) is 7.27. The van der Waals surface area contributed by atoms with Gasteiger partial charge in [0, 0.05) is 31.5 Å². The van der Waals surface area contributed by atoms with Gasteiger partial charge in [-0.05, 0) is 48.3 Å². The van der Waals surface area contributed by atoms with Crippen LogP contribution in [0.5, 0.6) is 0 Å². The molecule has 0 aliphatic carbocycles. The van der Waals surface area contributed by atoms with E-state index in [1.165, 1.54) is 11.3 Å². The summed E-state index contributed by atoms with van der Waals surface area (Å²) in [5, 5.41) is 8.01. The van der Waals surface area contributed by atoms with E-state index in [0.29, 0.717) is 0 Å². The van der Waals surface area contributed by atoms with Crippen molar-refractivity contribution in [2.75, 3.05) is 0 Å². The lowest BCUT2D eigenvalue weighted by Gasteiger charge is -2.14. The van der Waals surface area contributed by atoms with E-state index in [2.05, 4.69) is 51.2 Å². The summed E-state index contributed by atoms with van der Waals surface area (Å²) in [4.78, 5) is 4.15. The van der Waals surface area contributed by atoms with E-state index in [1.807, 2.05) is 23.9 Å². The predicted molar refractivity (Wildman–Crippen MR) is 79.8 cm³/mol. The third kappa shape index (κ3) is 3.22. The Morgan fingerprint density at radius 1 is 1.47 bits per heavy atom. The first kappa shape index (κ1) is 14.2. The number of nitrogens with zero attached hydrogens (tertiary/aromatic N) is 3. The van der Waals surface area contributed by atoms with Crippen LogP contribution in [-0.2, 0) is 13.1 Å². The van der Waals surface area contributed by atoms with Gasteiger partial charge in [0.1, 0.15) is 0 Å². The van der Waals surface area contributed by atoms with Crippen molar-refractivity contribution in [2.45, 2.75) is 39.9 Å². The number of aromatic nitrogens is 3. The van der Waals surface area contributed by atoms with Crippen LogP contribution in [0.4, 0.5) is 0 Å². The highest BCUT2D eigenvalue weighted by Crippen LogP contribution is 2.21. The molecule has 2 aromatic rings. The average molecular weight is 323 g/mol. The highest BCUT2D eigenvalue weighted by molar-refractivity contribution is 9.10. The molecule has 0 saturated heterocycles. The molecule has 19 heavy (non-hydrogen) atoms. The maximum Gasteiger partial charge on any atom is 0.0739 e. The fourth-order valence-corrected chi connectivity index (χ4v) is 2.46. The van der Waals surface area contributed by atoms with Crippen molar-refractivity contribution in [3.63, 3.8) is 0 Å². The van der Waals surface area contributed by atoms with Crippen LogP contribution in [0.15, 0.2) is 29.0 Å². The van der Waals surface area contributed by atoms with Crippen molar-refractivity contribution in [1.29, 1.82) is 0 Å². The van der Waals surface area contributed by atoms with Crippen molar-refractivity contribution in [3.8, 4) is 0 Å². The average Bonchev–Trinajstić information content (AvgIpc) is 2.72. The summed E-state index contributed by atoms with van der Waals surface area (Å²) >= 11 is 3.61. The van der Waals surface area contributed by atoms with Gasteiger partial charge in [-0.3, -0.25) is 9.67 Å². The Morgan fingerprint density at radius 3 is 2.89 bits per heavy atom. The van der Waals surface area contributed by atoms with E-state index in [1.54, 1.807) is 6.20 Å². The van der Waals surface area contributed by atoms with Crippen molar-refractivity contribution in [2.24, 2.45) is 0 Å². The summed E-state index contributed by atoms with van der Waals surface area (Å²) in [7, 11) is 0. The molecule has 1 N–H and O–H groups in total. The lowest BCUT2D eigenvalue weighted by molar-refractivity contribution is 0.529. The van der Waals surface area contributed by atoms with E-state index in [-0.39, 0.29) is 6.04 Å². The fourth-order valence-electron chi connectivity index (χ4n) is 2.04. The summed E-state index contributed by atoms with van der Waals surface area (Å²) in [6.45, 7) is 7.93. The van der Waals surface area contributed by atoms with Crippen molar-refractivity contribution >= 4 is 15.9 Å². The fraction of sp³-hybridized carbons (Fsp3) is 0.429. The van der Waals surface area contributed by atoms with Crippen molar-refractivity contribution in [3.05, 3.63) is 46.0 Å². The molecule has 102 valence electrons. The standard InChI is InChI=1S/C14H19BrN4/c1-4-19-13(14(15)11(3)18-19)9-17-10(2)12-6-5-7-16-8-12/h5-8,10,17H,4,9H2,1-3H3. The van der Waals surface area contributed by atoms with Gasteiger partial charge in [-0.2, -0.15) is 5.10 Å². The van der Waals surface area contributed by atoms with E-state index < -0.39 is 0 Å². The van der Waals surface area contributed by atoms with E-state index in [4.69, 9.17) is 0 Å². The Labute approximate surface area is 122 Å². The maximum absolute atomic E-state index is 4.50. The lowest BCUT2D eigenvalue weighted by atomic mass is 10.1. The molecule has 1 atom stereocenters. The number of rotatable bonds is 5. The molecular weight excluding hydrogens is 304 g/mol. The molecule has 2 aromatic heterocycles. The zero-order valence-electron chi connectivity index (χ0n) is 11.5. The van der Waals surface area contributed by atoms with Crippen LogP contribution < -0.4 is 5.32 Å². The second-order valence-corrected chi connectivity index (χ2v) is 5.34. The smallest absolute Gasteiger partial charge is 0.0739 e. The maximum atomic E-state index is 4.50. The zero-order chi connectivity index (χ0) is 13.8. The minimum absolute atomic E-state index is 0.265. The molecule has 5 heteroatoms. The number of halogens is 1. The summed E-state index contributed by atoms with van der Waals surface area (Å²) in [6, 6.07) is 4.31. The molecule has 0 radical (unpaired) electrons. The molecular formula is C14H19BrN4. The molecule has 2 rings (SSSR count). The van der Waals surface area contributed by atoms with Gasteiger partial charge < -0.3 is 5.32 Å². The minimum Gasteiger partial charge on any atom is -0.304 e. The topological polar surface area (TPSA) is 42.7 Å². The number of pyridine rings is 1. The van der Waals surface area contributed by atoms with Gasteiger partial charge in [0.05, 0.1) is 15.9 Å². The molecule has 0 spiro atoms. The molecule has 2 heterocycles. The Hall–Kier alpha value is -1.20. The molecule has 0 fully saturated rings. The number of hydrogen-bond acceptors (Lipinski definition) is 3. The van der Waals surface area contributed by atoms with Crippen LogP contribution in [0.3, 0.4) is 0 Å². The van der Waals surface area contributed by atoms with Gasteiger partial charge in [-0.25, -0.2) is 0 Å². The normalized spacial score (nSPS) is 12.6. The first-order chi connectivity index (χ1) is 9.13. The number of hydrogen-bond donors (Lipinski definition) is 1. The predicted octanol–water partition coefficient (Wildman–Crippen LogP) is 3.22. The Morgan fingerprint density at radius 2 is 2.26 bits per heavy atom. The molecule has 0 aromatic carbocycles. The Kier molecular flexibility index (Phi) is 4.71. The van der Waals surface area contributed by atoms with Crippen molar-refractivity contribution in [1.82, 2.24) is 20.1 Å². The van der Waals surface area contributed by atoms with Gasteiger partial charge in [0.15, 0.2) is 0 Å². The van der Waals surface area contributed by atoms with E-state index in [9.17, 15) is 0 Å². The zero-order valence-corrected chi connectivity index (χ0v) is 13.1. The lowest BCUT2D eigenvalue weighted by Crippen LogP contribution is -2.20. The van der Waals surface area contributed by atoms with Crippen LogP contribution in [0.25, 0.3) is 0 Å². The van der Waals surface area contributed by atoms with Crippen LogP contribution in [0.2, 0.25) is 0 Å². The summed E-state index contributed by atoms with van der Waals surface area (Å²) in [5.41, 5.74) is 3.42. The minimum atomic E-state index is 0.265. The van der Waals surface area contributed by atoms with Crippen LogP contribution in [0.1, 0.15) is 36.8 Å². The SMILES string of the molecule is CCn1nc(C)c(Br)c1CNC(C)c1cccnc1. The number of aryl methyl sites for hydroxylation is 2. The molecule has 0 bridgehead atoms. The third-order valence-electron chi connectivity index (χ3n) is 3.21. The second-order valence-electron chi connectivity index (χ2n) is 4.55. The van der Waals surface area contributed by atoms with Gasteiger partial charge >= 0.3 is 0 Å². The van der Waals surface area contributed by atoms with Gasteiger partial charge in [-0.1, -0.05) is 6.07 Å². The summed E-state index contributed by atoms with van der Waals surface area (Å²) in [5.74, 6) is 0. The molecule has 0 aliphatic heterocycles. The van der Waals surface area contributed by atoms with Crippen LogP contribution in [0, 0.1) is 6.92 Å². The largest absolute Gasteiger partial charge is 0.304 e. The molecule has 0 saturated carbocycles. The monoisotopic (exact) mass is 322 g/mol. The Balaban J connectivity index is 2.07. The number of nitrogens with one attached hydrogen (secondary N) is 1. The van der Waals surface area contributed by atoms with Crippen LogP contribution >= 0.6 is 15.9 Å². The molecule has 0 amide bonds. The quantitative estimate of drug-likeness (QED) is 0.919. The van der Waals surface area contributed by atoms with Crippen LogP contribution in [-0.4, -0.2) is 14.8 Å². The molecule has 4 nitrogen and oxygen atoms in total. The van der Waals surface area contributed by atoms with Gasteiger partial charge in [-0.15, -0.1) is 0 Å². The van der Waals surface area contributed by atoms with Gasteiger partial charge in [0.2, 0.25) is 0 Å². The summed E-state index contributed by atoms with van der Waals surface area (Å²) in [6.07, 6.45) is 3.69. The third-order valence-corrected chi connectivity index (χ3v) is 4.24. The highest BCUT2D eigenvalue weighted by Gasteiger charge is 2.13. The Bertz CT molecular complexity index is 536. The second kappa shape index (κ2) is 6.30.